The SMILES string of the molecule is Cc1cccc(OCC(=O)N(Cc2ccccc2)c2ccccn2)c1C. The maximum absolute atomic E-state index is 12.9. The highest BCUT2D eigenvalue weighted by Gasteiger charge is 2.18. The summed E-state index contributed by atoms with van der Waals surface area (Å²) in [6, 6.07) is 21.3. The second-order valence-corrected chi connectivity index (χ2v) is 6.14. The van der Waals surface area contributed by atoms with Gasteiger partial charge in [0.15, 0.2) is 6.61 Å². The number of rotatable bonds is 6. The van der Waals surface area contributed by atoms with Crippen molar-refractivity contribution in [3.8, 4) is 5.75 Å². The van der Waals surface area contributed by atoms with Crippen molar-refractivity contribution in [2.45, 2.75) is 20.4 Å². The van der Waals surface area contributed by atoms with Crippen LogP contribution in [0.15, 0.2) is 72.9 Å². The molecule has 0 saturated heterocycles. The molecule has 1 aromatic heterocycles. The lowest BCUT2D eigenvalue weighted by Gasteiger charge is -2.22. The van der Waals surface area contributed by atoms with Gasteiger partial charge in [-0.15, -0.1) is 0 Å². The van der Waals surface area contributed by atoms with Crippen LogP contribution in [0, 0.1) is 13.8 Å². The Balaban J connectivity index is 1.77. The number of carbonyl (C=O) groups excluding carboxylic acids is 1. The summed E-state index contributed by atoms with van der Waals surface area (Å²) >= 11 is 0. The zero-order valence-corrected chi connectivity index (χ0v) is 15.1. The lowest BCUT2D eigenvalue weighted by Crippen LogP contribution is -2.35. The van der Waals surface area contributed by atoms with Crippen molar-refractivity contribution >= 4 is 11.7 Å². The van der Waals surface area contributed by atoms with Gasteiger partial charge in [-0.05, 0) is 48.7 Å². The molecule has 4 nitrogen and oxygen atoms in total. The van der Waals surface area contributed by atoms with E-state index >= 15 is 0 Å². The van der Waals surface area contributed by atoms with Crippen LogP contribution in [0.3, 0.4) is 0 Å². The van der Waals surface area contributed by atoms with E-state index in [9.17, 15) is 4.79 Å². The van der Waals surface area contributed by atoms with Gasteiger partial charge in [-0.25, -0.2) is 4.98 Å². The molecule has 2 aromatic carbocycles. The highest BCUT2D eigenvalue weighted by Crippen LogP contribution is 2.21. The summed E-state index contributed by atoms with van der Waals surface area (Å²) in [7, 11) is 0. The minimum Gasteiger partial charge on any atom is -0.483 e. The molecule has 3 rings (SSSR count). The molecule has 0 aliphatic rings. The van der Waals surface area contributed by atoms with Crippen LogP contribution < -0.4 is 9.64 Å². The average molecular weight is 346 g/mol. The van der Waals surface area contributed by atoms with Gasteiger partial charge in [0.05, 0.1) is 6.54 Å². The number of ether oxygens (including phenoxy) is 1. The Morgan fingerprint density at radius 3 is 2.46 bits per heavy atom. The van der Waals surface area contributed by atoms with Crippen molar-refractivity contribution in [3.05, 3.63) is 89.6 Å². The normalized spacial score (nSPS) is 10.4. The van der Waals surface area contributed by atoms with Crippen molar-refractivity contribution in [2.24, 2.45) is 0 Å². The molecule has 0 N–H and O–H groups in total. The summed E-state index contributed by atoms with van der Waals surface area (Å²) in [5, 5.41) is 0. The van der Waals surface area contributed by atoms with Crippen LogP contribution in [0.4, 0.5) is 5.82 Å². The fraction of sp³-hybridized carbons (Fsp3) is 0.182. The summed E-state index contributed by atoms with van der Waals surface area (Å²) in [5.74, 6) is 1.22. The molecule has 1 heterocycles. The molecule has 1 amide bonds. The summed E-state index contributed by atoms with van der Waals surface area (Å²) in [6.45, 7) is 4.44. The summed E-state index contributed by atoms with van der Waals surface area (Å²) < 4.78 is 5.80. The smallest absolute Gasteiger partial charge is 0.266 e. The summed E-state index contributed by atoms with van der Waals surface area (Å²) in [4.78, 5) is 18.9. The average Bonchev–Trinajstić information content (AvgIpc) is 2.68. The van der Waals surface area contributed by atoms with E-state index in [1.807, 2.05) is 80.6 Å². The Kier molecular flexibility index (Phi) is 5.64. The molecule has 0 radical (unpaired) electrons. The molecule has 0 bridgehead atoms. The number of aromatic nitrogens is 1. The van der Waals surface area contributed by atoms with Crippen molar-refractivity contribution in [3.63, 3.8) is 0 Å². The van der Waals surface area contributed by atoms with Gasteiger partial charge in [-0.3, -0.25) is 9.69 Å². The molecule has 0 aliphatic heterocycles. The Labute approximate surface area is 154 Å². The summed E-state index contributed by atoms with van der Waals surface area (Å²) in [6.07, 6.45) is 1.69. The third-order valence-corrected chi connectivity index (χ3v) is 4.32. The van der Waals surface area contributed by atoms with Gasteiger partial charge in [-0.1, -0.05) is 48.5 Å². The topological polar surface area (TPSA) is 42.4 Å². The van der Waals surface area contributed by atoms with Gasteiger partial charge >= 0.3 is 0 Å². The number of carbonyl (C=O) groups is 1. The van der Waals surface area contributed by atoms with Gasteiger partial charge in [0.1, 0.15) is 11.6 Å². The highest BCUT2D eigenvalue weighted by molar-refractivity contribution is 5.93. The van der Waals surface area contributed by atoms with E-state index in [0.29, 0.717) is 12.4 Å². The zero-order chi connectivity index (χ0) is 18.4. The van der Waals surface area contributed by atoms with Crippen LogP contribution in [0.25, 0.3) is 0 Å². The van der Waals surface area contributed by atoms with Gasteiger partial charge in [-0.2, -0.15) is 0 Å². The first-order chi connectivity index (χ1) is 12.6. The molecule has 3 aromatic rings. The minimum absolute atomic E-state index is 0.0340. The number of anilines is 1. The quantitative estimate of drug-likeness (QED) is 0.668. The van der Waals surface area contributed by atoms with E-state index in [4.69, 9.17) is 4.74 Å². The highest BCUT2D eigenvalue weighted by atomic mass is 16.5. The third kappa shape index (κ3) is 4.28. The van der Waals surface area contributed by atoms with Crippen LogP contribution in [0.2, 0.25) is 0 Å². The van der Waals surface area contributed by atoms with Crippen LogP contribution in [0.1, 0.15) is 16.7 Å². The fourth-order valence-electron chi connectivity index (χ4n) is 2.67. The molecule has 26 heavy (non-hydrogen) atoms. The van der Waals surface area contributed by atoms with Crippen LogP contribution in [-0.2, 0) is 11.3 Å². The van der Waals surface area contributed by atoms with Crippen molar-refractivity contribution in [2.75, 3.05) is 11.5 Å². The van der Waals surface area contributed by atoms with E-state index in [1.54, 1.807) is 11.1 Å². The lowest BCUT2D eigenvalue weighted by molar-refractivity contribution is -0.120. The summed E-state index contributed by atoms with van der Waals surface area (Å²) in [5.41, 5.74) is 3.23. The third-order valence-electron chi connectivity index (χ3n) is 4.32. The number of amides is 1. The predicted molar refractivity (Wildman–Crippen MR) is 103 cm³/mol. The molecule has 0 atom stereocenters. The number of pyridine rings is 1. The zero-order valence-electron chi connectivity index (χ0n) is 15.1. The number of hydrogen-bond acceptors (Lipinski definition) is 3. The number of nitrogens with zero attached hydrogens (tertiary/aromatic N) is 2. The number of aryl methyl sites for hydroxylation is 1. The van der Waals surface area contributed by atoms with Crippen LogP contribution in [0.5, 0.6) is 5.75 Å². The van der Waals surface area contributed by atoms with Crippen LogP contribution in [-0.4, -0.2) is 17.5 Å². The maximum Gasteiger partial charge on any atom is 0.266 e. The Morgan fingerprint density at radius 1 is 0.962 bits per heavy atom. The van der Waals surface area contributed by atoms with Gasteiger partial charge in [0, 0.05) is 6.20 Å². The Morgan fingerprint density at radius 2 is 1.73 bits per heavy atom. The first-order valence-electron chi connectivity index (χ1n) is 8.59. The Hall–Kier alpha value is -3.14. The molecular formula is C22H22N2O2. The minimum atomic E-state index is -0.131. The molecule has 132 valence electrons. The standard InChI is InChI=1S/C22H22N2O2/c1-17-9-8-12-20(18(17)2)26-16-22(25)24(21-13-6-7-14-23-21)15-19-10-4-3-5-11-19/h3-14H,15-16H2,1-2H3. The number of benzene rings is 2. The van der Waals surface area contributed by atoms with Gasteiger partial charge < -0.3 is 4.74 Å². The molecule has 0 unspecified atom stereocenters. The first-order valence-corrected chi connectivity index (χ1v) is 8.59. The molecule has 0 saturated carbocycles. The maximum atomic E-state index is 12.9. The molecule has 4 heteroatoms. The van der Waals surface area contributed by atoms with E-state index in [0.717, 1.165) is 22.4 Å². The molecule has 0 aliphatic carbocycles. The van der Waals surface area contributed by atoms with E-state index < -0.39 is 0 Å². The van der Waals surface area contributed by atoms with Crippen LogP contribution >= 0.6 is 0 Å². The second-order valence-electron chi connectivity index (χ2n) is 6.14. The van der Waals surface area contributed by atoms with E-state index in [1.165, 1.54) is 0 Å². The lowest BCUT2D eigenvalue weighted by atomic mass is 10.1. The van der Waals surface area contributed by atoms with Crippen molar-refractivity contribution in [1.82, 2.24) is 4.98 Å². The van der Waals surface area contributed by atoms with E-state index in [2.05, 4.69) is 4.98 Å². The van der Waals surface area contributed by atoms with Crippen molar-refractivity contribution in [1.29, 1.82) is 0 Å². The second kappa shape index (κ2) is 8.30. The molecular weight excluding hydrogens is 324 g/mol. The largest absolute Gasteiger partial charge is 0.483 e. The van der Waals surface area contributed by atoms with Gasteiger partial charge in [0.25, 0.3) is 5.91 Å². The van der Waals surface area contributed by atoms with Gasteiger partial charge in [0.2, 0.25) is 0 Å². The molecule has 0 fully saturated rings. The molecule has 0 spiro atoms. The number of hydrogen-bond donors (Lipinski definition) is 0. The monoisotopic (exact) mass is 346 g/mol. The van der Waals surface area contributed by atoms with E-state index in [-0.39, 0.29) is 12.5 Å². The Bertz CT molecular complexity index is 864. The fourth-order valence-corrected chi connectivity index (χ4v) is 2.67. The first kappa shape index (κ1) is 17.7. The predicted octanol–water partition coefficient (Wildman–Crippen LogP) is 4.31. The van der Waals surface area contributed by atoms with Crippen molar-refractivity contribution < 1.29 is 9.53 Å².